The van der Waals surface area contributed by atoms with Crippen LogP contribution in [0.5, 0.6) is 0 Å². The van der Waals surface area contributed by atoms with Crippen LogP contribution in [-0.2, 0) is 4.79 Å². The molecule has 1 N–H and O–H groups in total. The van der Waals surface area contributed by atoms with Crippen LogP contribution in [0.4, 0.5) is 5.82 Å². The quantitative estimate of drug-likeness (QED) is 0.670. The van der Waals surface area contributed by atoms with Gasteiger partial charge in [-0.25, -0.2) is 9.97 Å². The fourth-order valence-electron chi connectivity index (χ4n) is 3.21. The molecule has 2 aliphatic rings. The van der Waals surface area contributed by atoms with E-state index in [1.165, 1.54) is 12.4 Å². The van der Waals surface area contributed by atoms with Gasteiger partial charge in [0.2, 0.25) is 5.91 Å². The van der Waals surface area contributed by atoms with Gasteiger partial charge in [0.05, 0.1) is 0 Å². The summed E-state index contributed by atoms with van der Waals surface area (Å²) in [4.78, 5) is 21.8. The summed E-state index contributed by atoms with van der Waals surface area (Å²) in [6.07, 6.45) is 4.84. The number of fused-ring (bicyclic) bond motifs is 1. The van der Waals surface area contributed by atoms with Gasteiger partial charge in [0, 0.05) is 31.1 Å². The van der Waals surface area contributed by atoms with Crippen LogP contribution in [0.25, 0.3) is 0 Å². The van der Waals surface area contributed by atoms with Crippen molar-refractivity contribution in [2.24, 2.45) is 5.92 Å². The van der Waals surface area contributed by atoms with Gasteiger partial charge in [0.25, 0.3) is 0 Å². The molecule has 6 heteroatoms. The van der Waals surface area contributed by atoms with Gasteiger partial charge < -0.3 is 10.2 Å². The predicted molar refractivity (Wildman–Crippen MR) is 77.8 cm³/mol. The molecule has 1 atom stereocenters. The normalized spacial score (nSPS) is 22.2. The van der Waals surface area contributed by atoms with Crippen LogP contribution < -0.4 is 5.32 Å². The minimum Gasteiger partial charge on any atom is -0.369 e. The highest BCUT2D eigenvalue weighted by Crippen LogP contribution is 2.42. The summed E-state index contributed by atoms with van der Waals surface area (Å²) in [5, 5.41) is 3.85. The number of carbonyl (C=O) groups is 1. The molecular weight excluding hydrogens is 276 g/mol. The molecule has 1 aromatic rings. The van der Waals surface area contributed by atoms with E-state index >= 15 is 0 Å². The first-order valence-corrected chi connectivity index (χ1v) is 7.24. The second-order valence-electron chi connectivity index (χ2n) is 5.28. The Bertz CT molecular complexity index is 540. The van der Waals surface area contributed by atoms with E-state index in [0.29, 0.717) is 17.0 Å². The summed E-state index contributed by atoms with van der Waals surface area (Å²) in [6, 6.07) is 0. The molecule has 5 nitrogen and oxygen atoms in total. The molecule has 1 unspecified atom stereocenters. The molecule has 3 rings (SSSR count). The number of amides is 1. The minimum absolute atomic E-state index is 0.0229. The van der Waals surface area contributed by atoms with Crippen LogP contribution in [0.2, 0.25) is 5.15 Å². The van der Waals surface area contributed by atoms with Crippen LogP contribution in [0.1, 0.15) is 24.3 Å². The van der Waals surface area contributed by atoms with Gasteiger partial charge in [-0.05, 0) is 24.8 Å². The molecule has 0 aliphatic carbocycles. The molecule has 3 heterocycles. The van der Waals surface area contributed by atoms with Crippen LogP contribution >= 0.6 is 11.6 Å². The zero-order chi connectivity index (χ0) is 14.1. The molecule has 20 heavy (non-hydrogen) atoms. The molecule has 2 aliphatic heterocycles. The molecule has 1 saturated heterocycles. The number of rotatable bonds is 2. The average molecular weight is 293 g/mol. The van der Waals surface area contributed by atoms with Crippen molar-refractivity contribution in [1.82, 2.24) is 14.9 Å². The summed E-state index contributed by atoms with van der Waals surface area (Å²) in [7, 11) is 0. The highest BCUT2D eigenvalue weighted by atomic mass is 35.5. The van der Waals surface area contributed by atoms with Gasteiger partial charge in [-0.3, -0.25) is 4.79 Å². The highest BCUT2D eigenvalue weighted by Gasteiger charge is 2.35. The van der Waals surface area contributed by atoms with Crippen LogP contribution in [-0.4, -0.2) is 40.4 Å². The first-order valence-electron chi connectivity index (χ1n) is 6.86. The predicted octanol–water partition coefficient (Wildman–Crippen LogP) is 2.06. The van der Waals surface area contributed by atoms with E-state index in [1.807, 2.05) is 4.90 Å². The number of halogens is 1. The molecular formula is C14H17ClN4O. The number of likely N-dealkylation sites (tertiary alicyclic amines) is 1. The Balaban J connectivity index is 1.72. The summed E-state index contributed by atoms with van der Waals surface area (Å²) >= 11 is 6.22. The zero-order valence-electron chi connectivity index (χ0n) is 11.2. The number of hydrogen-bond donors (Lipinski definition) is 1. The van der Waals surface area contributed by atoms with Crippen molar-refractivity contribution in [3.8, 4) is 0 Å². The number of hydrogen-bond acceptors (Lipinski definition) is 4. The molecule has 0 saturated carbocycles. The van der Waals surface area contributed by atoms with Crippen molar-refractivity contribution in [3.05, 3.63) is 29.7 Å². The largest absolute Gasteiger partial charge is 0.369 e. The van der Waals surface area contributed by atoms with Gasteiger partial charge in [-0.1, -0.05) is 18.2 Å². The van der Waals surface area contributed by atoms with Crippen LogP contribution in [0, 0.1) is 5.92 Å². The maximum atomic E-state index is 11.6. The maximum Gasteiger partial charge on any atom is 0.245 e. The number of carbonyl (C=O) groups excluding carboxylic acids is 1. The third kappa shape index (κ3) is 2.26. The molecule has 0 radical (unpaired) electrons. The van der Waals surface area contributed by atoms with Crippen molar-refractivity contribution < 1.29 is 4.79 Å². The summed E-state index contributed by atoms with van der Waals surface area (Å²) < 4.78 is 0. The smallest absolute Gasteiger partial charge is 0.245 e. The first kappa shape index (κ1) is 13.4. The molecule has 106 valence electrons. The number of nitrogens with one attached hydrogen (secondary N) is 1. The third-order valence-corrected chi connectivity index (χ3v) is 4.59. The number of piperidine rings is 1. The summed E-state index contributed by atoms with van der Waals surface area (Å²) in [5.41, 5.74) is 1.04. The van der Waals surface area contributed by atoms with E-state index in [0.717, 1.165) is 43.9 Å². The fraction of sp³-hybridized carbons (Fsp3) is 0.500. The highest BCUT2D eigenvalue weighted by molar-refractivity contribution is 6.30. The Morgan fingerprint density at radius 3 is 2.90 bits per heavy atom. The van der Waals surface area contributed by atoms with Crippen molar-refractivity contribution in [2.75, 3.05) is 25.0 Å². The second-order valence-corrected chi connectivity index (χ2v) is 5.64. The van der Waals surface area contributed by atoms with Crippen molar-refractivity contribution in [2.45, 2.75) is 18.8 Å². The zero-order valence-corrected chi connectivity index (χ0v) is 11.9. The topological polar surface area (TPSA) is 58.1 Å². The Morgan fingerprint density at radius 1 is 1.45 bits per heavy atom. The number of aromatic nitrogens is 2. The Labute approximate surface area is 123 Å². The Morgan fingerprint density at radius 2 is 2.20 bits per heavy atom. The number of nitrogens with zero attached hydrogens (tertiary/aromatic N) is 3. The summed E-state index contributed by atoms with van der Waals surface area (Å²) in [5.74, 6) is 1.75. The lowest BCUT2D eigenvalue weighted by molar-refractivity contribution is -0.127. The molecule has 0 aromatic carbocycles. The van der Waals surface area contributed by atoms with Crippen LogP contribution in [0.15, 0.2) is 19.0 Å². The molecule has 0 spiro atoms. The van der Waals surface area contributed by atoms with Crippen molar-refractivity contribution >= 4 is 23.3 Å². The standard InChI is InChI=1S/C14H17ClN4O/c1-2-11(20)19-5-3-9(4-6-19)10-7-16-14-12(10)13(15)17-8-18-14/h2,8-10H,1,3-7H2,(H,16,17,18). The monoisotopic (exact) mass is 292 g/mol. The SMILES string of the molecule is C=CC(=O)N1CCC(C2CNc3ncnc(Cl)c32)CC1. The maximum absolute atomic E-state index is 11.6. The van der Waals surface area contributed by atoms with E-state index < -0.39 is 0 Å². The van der Waals surface area contributed by atoms with Crippen LogP contribution in [0.3, 0.4) is 0 Å². The van der Waals surface area contributed by atoms with Crippen molar-refractivity contribution in [1.29, 1.82) is 0 Å². The molecule has 1 aromatic heterocycles. The number of anilines is 1. The molecule has 1 amide bonds. The lowest BCUT2D eigenvalue weighted by Gasteiger charge is -2.34. The average Bonchev–Trinajstić information content (AvgIpc) is 2.92. The van der Waals surface area contributed by atoms with E-state index in [1.54, 1.807) is 0 Å². The Hall–Kier alpha value is -1.62. The first-order chi connectivity index (χ1) is 9.70. The van der Waals surface area contributed by atoms with Gasteiger partial charge in [-0.15, -0.1) is 0 Å². The third-order valence-electron chi connectivity index (χ3n) is 4.29. The molecule has 0 bridgehead atoms. The van der Waals surface area contributed by atoms with E-state index in [9.17, 15) is 4.79 Å². The minimum atomic E-state index is 0.0229. The van der Waals surface area contributed by atoms with E-state index in [2.05, 4.69) is 21.9 Å². The lowest BCUT2D eigenvalue weighted by atomic mass is 9.82. The van der Waals surface area contributed by atoms with Crippen molar-refractivity contribution in [3.63, 3.8) is 0 Å². The van der Waals surface area contributed by atoms with Gasteiger partial charge in [-0.2, -0.15) is 0 Å². The Kier molecular flexibility index (Phi) is 3.61. The van der Waals surface area contributed by atoms with Gasteiger partial charge in [0.15, 0.2) is 0 Å². The fourth-order valence-corrected chi connectivity index (χ4v) is 3.48. The second kappa shape index (κ2) is 5.40. The van der Waals surface area contributed by atoms with E-state index in [4.69, 9.17) is 11.6 Å². The van der Waals surface area contributed by atoms with Gasteiger partial charge >= 0.3 is 0 Å². The summed E-state index contributed by atoms with van der Waals surface area (Å²) in [6.45, 7) is 5.96. The molecule has 1 fully saturated rings. The van der Waals surface area contributed by atoms with Gasteiger partial charge in [0.1, 0.15) is 17.3 Å². The van der Waals surface area contributed by atoms with E-state index in [-0.39, 0.29) is 5.91 Å². The lowest BCUT2D eigenvalue weighted by Crippen LogP contribution is -2.39.